The molecule has 0 aliphatic heterocycles. The van der Waals surface area contributed by atoms with Gasteiger partial charge in [-0.25, -0.2) is 0 Å². The number of aldehydes is 1. The molecular weight excluding hydrogens is 186 g/mol. The molecule has 2 nitrogen and oxygen atoms in total. The molecule has 0 bridgehead atoms. The van der Waals surface area contributed by atoms with E-state index in [4.69, 9.17) is 0 Å². The van der Waals surface area contributed by atoms with Crippen LogP contribution in [-0.4, -0.2) is 25.3 Å². The van der Waals surface area contributed by atoms with E-state index in [1.165, 1.54) is 11.1 Å². The van der Waals surface area contributed by atoms with Gasteiger partial charge >= 0.3 is 0 Å². The fraction of sp³-hybridized carbons (Fsp3) is 0.462. The van der Waals surface area contributed by atoms with Crippen molar-refractivity contribution in [2.24, 2.45) is 0 Å². The summed E-state index contributed by atoms with van der Waals surface area (Å²) < 4.78 is 0. The van der Waals surface area contributed by atoms with Gasteiger partial charge in [0.2, 0.25) is 0 Å². The number of nitrogens with zero attached hydrogens (tertiary/aromatic N) is 1. The van der Waals surface area contributed by atoms with E-state index in [1.807, 2.05) is 0 Å². The topological polar surface area (TPSA) is 20.3 Å². The van der Waals surface area contributed by atoms with Crippen LogP contribution in [-0.2, 0) is 11.3 Å². The predicted octanol–water partition coefficient (Wildman–Crippen LogP) is 2.44. The van der Waals surface area contributed by atoms with Crippen molar-refractivity contribution in [2.75, 3.05) is 14.1 Å². The molecule has 0 N–H and O–H groups in total. The molecule has 1 atom stereocenters. The monoisotopic (exact) mass is 205 g/mol. The Labute approximate surface area is 91.9 Å². The molecule has 0 saturated carbocycles. The van der Waals surface area contributed by atoms with Gasteiger partial charge in [-0.05, 0) is 31.1 Å². The summed E-state index contributed by atoms with van der Waals surface area (Å²) in [6, 6.07) is 8.47. The molecule has 0 amide bonds. The van der Waals surface area contributed by atoms with E-state index < -0.39 is 0 Å². The molecule has 2 heteroatoms. The van der Waals surface area contributed by atoms with Gasteiger partial charge in [0.1, 0.15) is 6.29 Å². The molecule has 1 aromatic rings. The molecule has 1 unspecified atom stereocenters. The molecule has 0 heterocycles. The van der Waals surface area contributed by atoms with Crippen molar-refractivity contribution >= 4 is 6.29 Å². The van der Waals surface area contributed by atoms with Gasteiger partial charge in [-0.2, -0.15) is 0 Å². The van der Waals surface area contributed by atoms with Crippen LogP contribution in [0.1, 0.15) is 30.4 Å². The maximum Gasteiger partial charge on any atom is 0.120 e. The third kappa shape index (κ3) is 3.84. The van der Waals surface area contributed by atoms with Gasteiger partial charge in [0.15, 0.2) is 0 Å². The first kappa shape index (κ1) is 11.9. The lowest BCUT2D eigenvalue weighted by molar-refractivity contribution is -0.108. The van der Waals surface area contributed by atoms with Gasteiger partial charge in [-0.15, -0.1) is 0 Å². The summed E-state index contributed by atoms with van der Waals surface area (Å²) >= 11 is 0. The van der Waals surface area contributed by atoms with E-state index >= 15 is 0 Å². The molecule has 15 heavy (non-hydrogen) atoms. The zero-order valence-corrected chi connectivity index (χ0v) is 9.73. The molecule has 0 spiro atoms. The highest BCUT2D eigenvalue weighted by Crippen LogP contribution is 2.19. The van der Waals surface area contributed by atoms with Gasteiger partial charge < -0.3 is 9.69 Å². The van der Waals surface area contributed by atoms with Crippen molar-refractivity contribution in [1.29, 1.82) is 0 Å². The number of carbonyl (C=O) groups excluding carboxylic acids is 1. The Kier molecular flexibility index (Phi) is 4.50. The molecule has 0 saturated heterocycles. The normalized spacial score (nSPS) is 12.8. The number of carbonyl (C=O) groups is 1. The van der Waals surface area contributed by atoms with Gasteiger partial charge in [-0.3, -0.25) is 0 Å². The van der Waals surface area contributed by atoms with Crippen LogP contribution >= 0.6 is 0 Å². The lowest BCUT2D eigenvalue weighted by Crippen LogP contribution is -2.10. The summed E-state index contributed by atoms with van der Waals surface area (Å²) in [4.78, 5) is 12.6. The lowest BCUT2D eigenvalue weighted by atomic mass is 9.97. The third-order valence-electron chi connectivity index (χ3n) is 2.47. The minimum absolute atomic E-state index is 0.324. The maximum atomic E-state index is 10.4. The van der Waals surface area contributed by atoms with E-state index in [0.29, 0.717) is 12.3 Å². The Hall–Kier alpha value is -1.15. The number of rotatable bonds is 5. The first-order chi connectivity index (χ1) is 7.13. The van der Waals surface area contributed by atoms with Crippen LogP contribution in [0.5, 0.6) is 0 Å². The van der Waals surface area contributed by atoms with Crippen molar-refractivity contribution in [2.45, 2.75) is 25.8 Å². The Morgan fingerprint density at radius 3 is 2.73 bits per heavy atom. The third-order valence-corrected chi connectivity index (χ3v) is 2.47. The number of benzene rings is 1. The van der Waals surface area contributed by atoms with Gasteiger partial charge in [-0.1, -0.05) is 31.2 Å². The van der Waals surface area contributed by atoms with Gasteiger partial charge in [0.25, 0.3) is 0 Å². The van der Waals surface area contributed by atoms with Crippen LogP contribution in [0.25, 0.3) is 0 Å². The average Bonchev–Trinajstić information content (AvgIpc) is 2.17. The zero-order valence-electron chi connectivity index (χ0n) is 9.73. The highest BCUT2D eigenvalue weighted by Gasteiger charge is 2.05. The van der Waals surface area contributed by atoms with Crippen molar-refractivity contribution in [3.63, 3.8) is 0 Å². The highest BCUT2D eigenvalue weighted by molar-refractivity contribution is 5.51. The molecule has 0 aromatic heterocycles. The summed E-state index contributed by atoms with van der Waals surface area (Å²) in [6.45, 7) is 3.03. The Morgan fingerprint density at radius 2 is 2.13 bits per heavy atom. The highest BCUT2D eigenvalue weighted by atomic mass is 16.1. The van der Waals surface area contributed by atoms with Crippen LogP contribution in [0.15, 0.2) is 24.3 Å². The molecule has 0 fully saturated rings. The second kappa shape index (κ2) is 5.66. The quantitative estimate of drug-likeness (QED) is 0.688. The predicted molar refractivity (Wildman–Crippen MR) is 62.9 cm³/mol. The van der Waals surface area contributed by atoms with E-state index in [9.17, 15) is 4.79 Å². The van der Waals surface area contributed by atoms with Gasteiger partial charge in [0, 0.05) is 13.0 Å². The first-order valence-electron chi connectivity index (χ1n) is 5.30. The van der Waals surface area contributed by atoms with E-state index in [0.717, 1.165) is 12.8 Å². The first-order valence-corrected chi connectivity index (χ1v) is 5.30. The average molecular weight is 205 g/mol. The summed E-state index contributed by atoms with van der Waals surface area (Å²) in [7, 11) is 4.11. The maximum absolute atomic E-state index is 10.4. The van der Waals surface area contributed by atoms with Crippen LogP contribution in [0.4, 0.5) is 0 Å². The smallest absolute Gasteiger partial charge is 0.120 e. The fourth-order valence-electron chi connectivity index (χ4n) is 1.64. The second-order valence-corrected chi connectivity index (χ2v) is 4.29. The summed E-state index contributed by atoms with van der Waals surface area (Å²) in [5, 5.41) is 0. The van der Waals surface area contributed by atoms with Crippen molar-refractivity contribution in [1.82, 2.24) is 4.90 Å². The zero-order chi connectivity index (χ0) is 11.3. The van der Waals surface area contributed by atoms with Crippen molar-refractivity contribution in [3.05, 3.63) is 35.4 Å². The minimum Gasteiger partial charge on any atom is -0.305 e. The molecule has 1 aromatic carbocycles. The standard InChI is InChI=1S/C13H19NO/c1-11(7-8-15)13-6-4-5-12(9-13)10-14(2)3/h4-6,8-9,11H,7,10H2,1-3H3. The van der Waals surface area contributed by atoms with Crippen LogP contribution in [0.3, 0.4) is 0 Å². The lowest BCUT2D eigenvalue weighted by Gasteiger charge is -2.13. The molecule has 0 aliphatic carbocycles. The SMILES string of the molecule is CC(CC=O)c1cccc(CN(C)C)c1. The molecular formula is C13H19NO. The molecule has 0 radical (unpaired) electrons. The number of hydrogen-bond acceptors (Lipinski definition) is 2. The summed E-state index contributed by atoms with van der Waals surface area (Å²) in [5.74, 6) is 0.324. The molecule has 0 aliphatic rings. The minimum atomic E-state index is 0.324. The summed E-state index contributed by atoms with van der Waals surface area (Å²) in [6.07, 6.45) is 1.59. The molecule has 1 rings (SSSR count). The summed E-state index contributed by atoms with van der Waals surface area (Å²) in [5.41, 5.74) is 2.55. The van der Waals surface area contributed by atoms with Crippen molar-refractivity contribution < 1.29 is 4.79 Å². The van der Waals surface area contributed by atoms with E-state index in [-0.39, 0.29) is 0 Å². The Bertz CT molecular complexity index is 320. The molecule has 82 valence electrons. The number of hydrogen-bond donors (Lipinski definition) is 0. The van der Waals surface area contributed by atoms with Crippen molar-refractivity contribution in [3.8, 4) is 0 Å². The second-order valence-electron chi connectivity index (χ2n) is 4.29. The van der Waals surface area contributed by atoms with E-state index in [1.54, 1.807) is 0 Å². The van der Waals surface area contributed by atoms with Gasteiger partial charge in [0.05, 0.1) is 0 Å². The Balaban J connectivity index is 2.77. The largest absolute Gasteiger partial charge is 0.305 e. The van der Waals surface area contributed by atoms with Crippen LogP contribution < -0.4 is 0 Å². The Morgan fingerprint density at radius 1 is 1.40 bits per heavy atom. The van der Waals surface area contributed by atoms with E-state index in [2.05, 4.69) is 50.2 Å². The van der Waals surface area contributed by atoms with Crippen LogP contribution in [0, 0.1) is 0 Å². The fourth-order valence-corrected chi connectivity index (χ4v) is 1.64. The van der Waals surface area contributed by atoms with Crippen LogP contribution in [0.2, 0.25) is 0 Å².